The highest BCUT2D eigenvalue weighted by Gasteiger charge is 2.36. The second kappa shape index (κ2) is 13.7. The Morgan fingerprint density at radius 1 is 1.23 bits per heavy atom. The molecular formula is C34H44N8O5S. The second-order valence-electron chi connectivity index (χ2n) is 14.0. The Morgan fingerprint density at radius 2 is 2.02 bits per heavy atom. The van der Waals surface area contributed by atoms with E-state index in [1.165, 1.54) is 0 Å². The number of carbonyl (C=O) groups is 1. The van der Waals surface area contributed by atoms with E-state index >= 15 is 0 Å². The number of aromatic nitrogens is 3. The van der Waals surface area contributed by atoms with Crippen molar-refractivity contribution in [3.8, 4) is 29.2 Å². The van der Waals surface area contributed by atoms with E-state index < -0.39 is 5.60 Å². The lowest BCUT2D eigenvalue weighted by Crippen LogP contribution is -2.57. The molecule has 2 fully saturated rings. The maximum absolute atomic E-state index is 12.5. The number of nitrogens with zero attached hydrogens (tertiary/aromatic N) is 8. The number of likely N-dealkylation sites (tertiary alicyclic amines) is 2. The summed E-state index contributed by atoms with van der Waals surface area (Å²) in [5.74, 6) is 1.47. The van der Waals surface area contributed by atoms with Gasteiger partial charge in [0, 0.05) is 37.1 Å². The molecule has 1 aliphatic carbocycles. The Kier molecular flexibility index (Phi) is 9.62. The Morgan fingerprint density at radius 3 is 2.71 bits per heavy atom. The van der Waals surface area contributed by atoms with Gasteiger partial charge >= 0.3 is 6.09 Å². The molecule has 5 heterocycles. The van der Waals surface area contributed by atoms with E-state index in [0.717, 1.165) is 49.1 Å². The predicted octanol–water partition coefficient (Wildman–Crippen LogP) is 5.61. The van der Waals surface area contributed by atoms with Gasteiger partial charge in [-0.05, 0) is 79.0 Å². The highest BCUT2D eigenvalue weighted by Crippen LogP contribution is 2.46. The van der Waals surface area contributed by atoms with Gasteiger partial charge in [-0.2, -0.15) is 10.2 Å². The molecular weight excluding hydrogens is 632 g/mol. The smallest absolute Gasteiger partial charge is 0.410 e. The SMILES string of the molecule is C[C@H](Oc1cc(OC2CN(C(=O)OC(C)(C)C)C2)cc(-c2noc([C@H]3CCCc4sc(N=CN(C)C)c(C#N)c43)n2)n1)[C@@H]1CCCN1C. The number of carbonyl (C=O) groups excluding carboxylic acids is 1. The van der Waals surface area contributed by atoms with Crippen molar-refractivity contribution in [3.63, 3.8) is 0 Å². The van der Waals surface area contributed by atoms with Crippen LogP contribution in [0.1, 0.15) is 81.2 Å². The summed E-state index contributed by atoms with van der Waals surface area (Å²) in [5.41, 5.74) is 1.38. The third-order valence-electron chi connectivity index (χ3n) is 8.74. The zero-order valence-electron chi connectivity index (χ0n) is 28.7. The Labute approximate surface area is 285 Å². The number of pyridine rings is 1. The van der Waals surface area contributed by atoms with Gasteiger partial charge in [0.15, 0.2) is 0 Å². The molecule has 0 bridgehead atoms. The largest absolute Gasteiger partial charge is 0.486 e. The van der Waals surface area contributed by atoms with Crippen molar-refractivity contribution in [3.05, 3.63) is 34.0 Å². The van der Waals surface area contributed by atoms with Gasteiger partial charge in [-0.3, -0.25) is 4.90 Å². The number of hydrogen-bond acceptors (Lipinski definition) is 12. The van der Waals surface area contributed by atoms with Gasteiger partial charge in [0.1, 0.15) is 40.3 Å². The number of aryl methyl sites for hydroxylation is 1. The number of fused-ring (bicyclic) bond motifs is 1. The first-order valence-corrected chi connectivity index (χ1v) is 17.3. The van der Waals surface area contributed by atoms with Crippen LogP contribution < -0.4 is 9.47 Å². The molecule has 6 rings (SSSR count). The molecule has 48 heavy (non-hydrogen) atoms. The number of rotatable bonds is 9. The van der Waals surface area contributed by atoms with Crippen LogP contribution in [0.2, 0.25) is 0 Å². The summed E-state index contributed by atoms with van der Waals surface area (Å²) in [6.07, 6.45) is 5.81. The Hall–Kier alpha value is -4.22. The summed E-state index contributed by atoms with van der Waals surface area (Å²) in [4.78, 5) is 33.6. The quantitative estimate of drug-likeness (QED) is 0.206. The molecule has 2 aliphatic heterocycles. The molecule has 3 aliphatic rings. The average molecular weight is 677 g/mol. The Balaban J connectivity index is 1.26. The van der Waals surface area contributed by atoms with Crippen LogP contribution >= 0.6 is 11.3 Å². The maximum Gasteiger partial charge on any atom is 0.410 e. The number of aliphatic imine (C=N–C) groups is 1. The van der Waals surface area contributed by atoms with Gasteiger partial charge in [0.2, 0.25) is 17.6 Å². The van der Waals surface area contributed by atoms with Gasteiger partial charge < -0.3 is 28.5 Å². The molecule has 0 N–H and O–H groups in total. The van der Waals surface area contributed by atoms with Crippen LogP contribution in [0, 0.1) is 11.3 Å². The van der Waals surface area contributed by atoms with Crippen LogP contribution in [0.4, 0.5) is 9.80 Å². The van der Waals surface area contributed by atoms with E-state index in [-0.39, 0.29) is 30.3 Å². The normalized spacial score (nSPS) is 20.7. The first-order chi connectivity index (χ1) is 22.9. The fraction of sp³-hybridized carbons (Fsp3) is 0.588. The number of amides is 1. The molecule has 1 amide bonds. The standard InChI is InChI=1S/C34H44N8O5S/c1-20(26-11-9-13-41(26)7)44-28-15-21(45-22-17-42(18-22)33(43)46-34(2,3)4)14-25(37-28)30-38-31(47-39-30)23-10-8-12-27-29(23)24(16-35)32(48-27)36-19-40(5)6/h14-15,19-20,22-23,26H,8-13,17-18H2,1-7H3/t20-,23-,26-/m0/s1. The number of thiophene rings is 1. The van der Waals surface area contributed by atoms with E-state index in [0.29, 0.717) is 52.7 Å². The molecule has 3 aromatic rings. The third-order valence-corrected chi connectivity index (χ3v) is 9.91. The topological polar surface area (TPSA) is 142 Å². The fourth-order valence-corrected chi connectivity index (χ4v) is 7.63. The summed E-state index contributed by atoms with van der Waals surface area (Å²) in [5, 5.41) is 15.2. The zero-order chi connectivity index (χ0) is 34.2. The van der Waals surface area contributed by atoms with Crippen molar-refractivity contribution in [2.45, 2.75) is 89.6 Å². The molecule has 0 saturated carbocycles. The molecule has 2 saturated heterocycles. The molecule has 14 heteroatoms. The highest BCUT2D eigenvalue weighted by molar-refractivity contribution is 7.16. The highest BCUT2D eigenvalue weighted by atomic mass is 32.1. The van der Waals surface area contributed by atoms with Crippen LogP contribution in [0.5, 0.6) is 11.6 Å². The summed E-state index contributed by atoms with van der Waals surface area (Å²) in [6, 6.07) is 6.21. The number of hydrogen-bond donors (Lipinski definition) is 0. The lowest BCUT2D eigenvalue weighted by molar-refractivity contribution is -0.0222. The van der Waals surface area contributed by atoms with Crippen molar-refractivity contribution in [1.29, 1.82) is 5.26 Å². The minimum absolute atomic E-state index is 0.103. The fourth-order valence-electron chi connectivity index (χ4n) is 6.44. The number of likely N-dealkylation sites (N-methyl/N-ethyl adjacent to an activating group) is 1. The first-order valence-electron chi connectivity index (χ1n) is 16.5. The van der Waals surface area contributed by atoms with Gasteiger partial charge in [0.05, 0.1) is 30.9 Å². The van der Waals surface area contributed by atoms with Crippen LogP contribution in [0.15, 0.2) is 21.6 Å². The summed E-state index contributed by atoms with van der Waals surface area (Å²) in [6.45, 7) is 9.45. The average Bonchev–Trinajstić information content (AvgIpc) is 3.74. The monoisotopic (exact) mass is 676 g/mol. The molecule has 0 spiro atoms. The van der Waals surface area contributed by atoms with Crippen LogP contribution in [0.3, 0.4) is 0 Å². The van der Waals surface area contributed by atoms with E-state index in [1.54, 1.807) is 34.7 Å². The molecule has 0 unspecified atom stereocenters. The molecule has 0 radical (unpaired) electrons. The molecule has 3 aromatic heterocycles. The second-order valence-corrected chi connectivity index (χ2v) is 15.1. The van der Waals surface area contributed by atoms with E-state index in [4.69, 9.17) is 28.7 Å². The van der Waals surface area contributed by atoms with Gasteiger partial charge in [-0.1, -0.05) is 5.16 Å². The van der Waals surface area contributed by atoms with E-state index in [1.807, 2.05) is 39.8 Å². The number of ether oxygens (including phenoxy) is 3. The van der Waals surface area contributed by atoms with Crippen molar-refractivity contribution < 1.29 is 23.5 Å². The van der Waals surface area contributed by atoms with Crippen molar-refractivity contribution in [2.24, 2.45) is 4.99 Å². The van der Waals surface area contributed by atoms with Crippen LogP contribution in [-0.4, -0.2) is 107 Å². The minimum atomic E-state index is -0.566. The molecule has 13 nitrogen and oxygen atoms in total. The minimum Gasteiger partial charge on any atom is -0.486 e. The van der Waals surface area contributed by atoms with Gasteiger partial charge in [0.25, 0.3) is 0 Å². The lowest BCUT2D eigenvalue weighted by Gasteiger charge is -2.39. The van der Waals surface area contributed by atoms with Crippen molar-refractivity contribution in [1.82, 2.24) is 29.8 Å². The first kappa shape index (κ1) is 33.7. The van der Waals surface area contributed by atoms with E-state index in [2.05, 4.69) is 35.1 Å². The van der Waals surface area contributed by atoms with Crippen LogP contribution in [-0.2, 0) is 11.2 Å². The predicted molar refractivity (Wildman–Crippen MR) is 181 cm³/mol. The van der Waals surface area contributed by atoms with E-state index in [9.17, 15) is 10.1 Å². The summed E-state index contributed by atoms with van der Waals surface area (Å²) >= 11 is 1.55. The van der Waals surface area contributed by atoms with Gasteiger partial charge in [-0.25, -0.2) is 14.8 Å². The summed E-state index contributed by atoms with van der Waals surface area (Å²) < 4.78 is 24.1. The van der Waals surface area contributed by atoms with Crippen molar-refractivity contribution in [2.75, 3.05) is 40.8 Å². The molecule has 256 valence electrons. The maximum atomic E-state index is 12.5. The zero-order valence-corrected chi connectivity index (χ0v) is 29.5. The third kappa shape index (κ3) is 7.42. The van der Waals surface area contributed by atoms with Gasteiger partial charge in [-0.15, -0.1) is 11.3 Å². The molecule has 3 atom stereocenters. The van der Waals surface area contributed by atoms with Crippen molar-refractivity contribution >= 4 is 28.8 Å². The van der Waals surface area contributed by atoms with Crippen LogP contribution in [0.25, 0.3) is 11.5 Å². The number of nitriles is 1. The summed E-state index contributed by atoms with van der Waals surface area (Å²) in [7, 11) is 5.91. The molecule has 0 aromatic carbocycles. The Bertz CT molecular complexity index is 1700. The lowest BCUT2D eigenvalue weighted by atomic mass is 9.85.